The number of sulfone groups is 1. The molecule has 1 aromatic heterocycles. The van der Waals surface area contributed by atoms with E-state index in [1.54, 1.807) is 48.7 Å². The van der Waals surface area contributed by atoms with Crippen LogP contribution in [0, 0.1) is 5.92 Å². The van der Waals surface area contributed by atoms with Crippen molar-refractivity contribution in [3.63, 3.8) is 0 Å². The fourth-order valence-electron chi connectivity index (χ4n) is 5.24. The highest BCUT2D eigenvalue weighted by molar-refractivity contribution is 7.90. The second-order valence-corrected chi connectivity index (χ2v) is 11.5. The highest BCUT2D eigenvalue weighted by Gasteiger charge is 2.25. The molecule has 0 atom stereocenters. The zero-order valence-corrected chi connectivity index (χ0v) is 20.2. The molecule has 5 rings (SSSR count). The average Bonchev–Trinajstić information content (AvgIpc) is 3.37. The minimum atomic E-state index is -3.57. The Hall–Kier alpha value is -2.77. The third kappa shape index (κ3) is 5.73. The van der Waals surface area contributed by atoms with Crippen LogP contribution in [-0.2, 0) is 15.6 Å². The quantitative estimate of drug-likeness (QED) is 0.494. The topological polar surface area (TPSA) is 70.6 Å². The standard InChI is InChI=1S/C27H31N3O3S.CH4/c31-27(30-17-15-29(16-18-30)19-21-5-1-2-6-21)24-12-10-22(11-13-24)20-34(32,33)25-9-3-7-23-8-4-14-28-26(23)25;/h3-4,7-14,21H,1-2,5-6,15-20H2;1H4. The maximum absolute atomic E-state index is 13.1. The molecule has 1 aliphatic carbocycles. The Morgan fingerprint density at radius 1 is 0.914 bits per heavy atom. The zero-order valence-electron chi connectivity index (χ0n) is 19.4. The van der Waals surface area contributed by atoms with Crippen molar-refractivity contribution in [3.05, 3.63) is 71.9 Å². The van der Waals surface area contributed by atoms with Crippen molar-refractivity contribution in [2.75, 3.05) is 32.7 Å². The number of fused-ring (bicyclic) bond motifs is 1. The Kier molecular flexibility index (Phi) is 7.87. The van der Waals surface area contributed by atoms with Crippen LogP contribution in [0.5, 0.6) is 0 Å². The van der Waals surface area contributed by atoms with E-state index in [9.17, 15) is 13.2 Å². The first-order valence-corrected chi connectivity index (χ1v) is 13.8. The Morgan fingerprint density at radius 3 is 2.31 bits per heavy atom. The summed E-state index contributed by atoms with van der Waals surface area (Å²) in [7, 11) is -3.57. The van der Waals surface area contributed by atoms with Crippen molar-refractivity contribution in [2.24, 2.45) is 5.92 Å². The van der Waals surface area contributed by atoms with E-state index in [0.717, 1.165) is 44.0 Å². The fourth-order valence-corrected chi connectivity index (χ4v) is 6.78. The molecule has 1 amide bonds. The molecule has 0 unspecified atom stereocenters. The van der Waals surface area contributed by atoms with E-state index in [2.05, 4.69) is 9.88 Å². The van der Waals surface area contributed by atoms with Gasteiger partial charge in [0.15, 0.2) is 9.84 Å². The van der Waals surface area contributed by atoms with Gasteiger partial charge in [0.1, 0.15) is 0 Å². The number of pyridine rings is 1. The summed E-state index contributed by atoms with van der Waals surface area (Å²) in [6, 6.07) is 15.9. The van der Waals surface area contributed by atoms with E-state index in [-0.39, 0.29) is 24.0 Å². The van der Waals surface area contributed by atoms with Crippen LogP contribution in [0.1, 0.15) is 49.0 Å². The van der Waals surface area contributed by atoms with Crippen molar-refractivity contribution in [1.82, 2.24) is 14.8 Å². The van der Waals surface area contributed by atoms with Crippen LogP contribution in [0.25, 0.3) is 10.9 Å². The van der Waals surface area contributed by atoms with Crippen LogP contribution in [-0.4, -0.2) is 61.8 Å². The summed E-state index contributed by atoms with van der Waals surface area (Å²) in [5.41, 5.74) is 1.76. The molecule has 186 valence electrons. The molecule has 0 spiro atoms. The lowest BCUT2D eigenvalue weighted by molar-refractivity contribution is 0.0618. The monoisotopic (exact) mass is 493 g/mol. The van der Waals surface area contributed by atoms with Gasteiger partial charge in [0.2, 0.25) is 0 Å². The molecule has 7 heteroatoms. The number of hydrogen-bond acceptors (Lipinski definition) is 5. The molecule has 35 heavy (non-hydrogen) atoms. The normalized spacial score (nSPS) is 17.4. The fraction of sp³-hybridized carbons (Fsp3) is 0.429. The molecule has 6 nitrogen and oxygen atoms in total. The molecule has 0 bridgehead atoms. The summed E-state index contributed by atoms with van der Waals surface area (Å²) in [4.78, 5) is 21.9. The van der Waals surface area contributed by atoms with Crippen LogP contribution in [0.15, 0.2) is 65.7 Å². The van der Waals surface area contributed by atoms with Crippen molar-refractivity contribution < 1.29 is 13.2 Å². The molecule has 2 heterocycles. The van der Waals surface area contributed by atoms with Gasteiger partial charge in [0.05, 0.1) is 16.2 Å². The summed E-state index contributed by atoms with van der Waals surface area (Å²) in [6.07, 6.45) is 7.02. The first-order valence-electron chi connectivity index (χ1n) is 12.2. The third-order valence-corrected chi connectivity index (χ3v) is 8.85. The molecular weight excluding hydrogens is 458 g/mol. The first-order chi connectivity index (χ1) is 16.5. The van der Waals surface area contributed by atoms with Gasteiger partial charge in [0, 0.05) is 49.9 Å². The summed E-state index contributed by atoms with van der Waals surface area (Å²) in [6.45, 7) is 4.51. The highest BCUT2D eigenvalue weighted by Crippen LogP contribution is 2.26. The van der Waals surface area contributed by atoms with Crippen molar-refractivity contribution in [1.29, 1.82) is 0 Å². The number of amides is 1. The van der Waals surface area contributed by atoms with Gasteiger partial charge in [-0.2, -0.15) is 0 Å². The maximum atomic E-state index is 13.1. The smallest absolute Gasteiger partial charge is 0.253 e. The lowest BCUT2D eigenvalue weighted by Gasteiger charge is -2.36. The number of hydrogen-bond donors (Lipinski definition) is 0. The second-order valence-electron chi connectivity index (χ2n) is 9.53. The Balaban J connectivity index is 0.00000289. The lowest BCUT2D eigenvalue weighted by Crippen LogP contribution is -2.49. The zero-order chi connectivity index (χ0) is 23.5. The van der Waals surface area contributed by atoms with Gasteiger partial charge in [-0.05, 0) is 48.6 Å². The van der Waals surface area contributed by atoms with E-state index in [0.29, 0.717) is 16.6 Å². The number of rotatable bonds is 6. The Bertz CT molecular complexity index is 1250. The highest BCUT2D eigenvalue weighted by atomic mass is 32.2. The summed E-state index contributed by atoms with van der Waals surface area (Å²) >= 11 is 0. The second kappa shape index (κ2) is 10.9. The summed E-state index contributed by atoms with van der Waals surface area (Å²) in [5, 5.41) is 0.799. The number of benzene rings is 2. The average molecular weight is 494 g/mol. The van der Waals surface area contributed by atoms with E-state index in [1.807, 2.05) is 17.0 Å². The molecule has 2 aromatic carbocycles. The number of para-hydroxylation sites is 1. The lowest BCUT2D eigenvalue weighted by atomic mass is 10.1. The number of carbonyl (C=O) groups excluding carboxylic acids is 1. The van der Waals surface area contributed by atoms with Gasteiger partial charge in [-0.25, -0.2) is 8.42 Å². The maximum Gasteiger partial charge on any atom is 0.253 e. The summed E-state index contributed by atoms with van der Waals surface area (Å²) < 4.78 is 26.2. The largest absolute Gasteiger partial charge is 0.336 e. The van der Waals surface area contributed by atoms with Crippen LogP contribution in [0.4, 0.5) is 0 Å². The van der Waals surface area contributed by atoms with Gasteiger partial charge in [0.25, 0.3) is 5.91 Å². The van der Waals surface area contributed by atoms with Crippen LogP contribution < -0.4 is 0 Å². The Morgan fingerprint density at radius 2 is 1.60 bits per heavy atom. The van der Waals surface area contributed by atoms with E-state index in [4.69, 9.17) is 0 Å². The number of carbonyl (C=O) groups is 1. The SMILES string of the molecule is C.O=C(c1ccc(CS(=O)(=O)c2cccc3cccnc23)cc1)N1CCN(CC2CCCC2)CC1. The van der Waals surface area contributed by atoms with Crippen molar-refractivity contribution in [3.8, 4) is 0 Å². The van der Waals surface area contributed by atoms with Crippen LogP contribution in [0.2, 0.25) is 0 Å². The third-order valence-electron chi connectivity index (χ3n) is 7.14. The molecule has 1 aliphatic heterocycles. The van der Waals surface area contributed by atoms with E-state index < -0.39 is 9.84 Å². The molecule has 3 aromatic rings. The van der Waals surface area contributed by atoms with Crippen molar-refractivity contribution in [2.45, 2.75) is 43.8 Å². The van der Waals surface area contributed by atoms with Gasteiger partial charge in [-0.15, -0.1) is 0 Å². The predicted octanol–water partition coefficient (Wildman–Crippen LogP) is 4.79. The molecule has 0 N–H and O–H groups in total. The van der Waals surface area contributed by atoms with Gasteiger partial charge in [-0.1, -0.05) is 50.6 Å². The van der Waals surface area contributed by atoms with E-state index in [1.165, 1.54) is 25.7 Å². The first kappa shape index (κ1) is 25.3. The van der Waals surface area contributed by atoms with Crippen molar-refractivity contribution >= 4 is 26.6 Å². The van der Waals surface area contributed by atoms with Gasteiger partial charge < -0.3 is 4.90 Å². The molecule has 2 fully saturated rings. The van der Waals surface area contributed by atoms with Crippen LogP contribution in [0.3, 0.4) is 0 Å². The van der Waals surface area contributed by atoms with Gasteiger partial charge in [-0.3, -0.25) is 14.7 Å². The minimum Gasteiger partial charge on any atom is -0.336 e. The minimum absolute atomic E-state index is 0. The Labute approximate surface area is 208 Å². The van der Waals surface area contributed by atoms with Crippen LogP contribution >= 0.6 is 0 Å². The molecular formula is C28H35N3O3S. The molecule has 2 aliphatic rings. The summed E-state index contributed by atoms with van der Waals surface area (Å²) in [5.74, 6) is 0.723. The molecule has 1 saturated heterocycles. The molecule has 1 saturated carbocycles. The predicted molar refractivity (Wildman–Crippen MR) is 140 cm³/mol. The van der Waals surface area contributed by atoms with E-state index >= 15 is 0 Å². The number of aromatic nitrogens is 1. The molecule has 0 radical (unpaired) electrons. The number of piperazine rings is 1. The van der Waals surface area contributed by atoms with Gasteiger partial charge >= 0.3 is 0 Å². The number of nitrogens with zero attached hydrogens (tertiary/aromatic N) is 3.